The summed E-state index contributed by atoms with van der Waals surface area (Å²) in [5.74, 6) is 6.01. The van der Waals surface area contributed by atoms with Crippen LogP contribution in [0.4, 0.5) is 0 Å². The Kier molecular flexibility index (Phi) is 11.1. The molecule has 1 nitrogen and oxygen atoms in total. The largest absolute Gasteiger partial charge is 0.380 e. The van der Waals surface area contributed by atoms with Crippen LogP contribution in [-0.2, 0) is 0 Å². The van der Waals surface area contributed by atoms with E-state index in [1.54, 1.807) is 0 Å². The first kappa shape index (κ1) is 18.5. The Bertz CT molecular complexity index is 251. The maximum absolute atomic E-state index is 9.68. The monoisotopic (exact) mass is 266 g/mol. The number of unbranched alkanes of at least 4 members (excludes halogenated alkanes) is 6. The summed E-state index contributed by atoms with van der Waals surface area (Å²) in [6.45, 7) is 9.08. The van der Waals surface area contributed by atoms with Crippen LogP contribution >= 0.6 is 0 Å². The Labute approximate surface area is 121 Å². The maximum atomic E-state index is 9.68. The Morgan fingerprint density at radius 1 is 0.947 bits per heavy atom. The van der Waals surface area contributed by atoms with E-state index in [-0.39, 0.29) is 0 Å². The van der Waals surface area contributed by atoms with Crippen molar-refractivity contribution in [2.24, 2.45) is 5.41 Å². The zero-order chi connectivity index (χ0) is 14.6. The molecule has 0 fully saturated rings. The van der Waals surface area contributed by atoms with Gasteiger partial charge in [-0.2, -0.15) is 0 Å². The Balaban J connectivity index is 3.36. The standard InChI is InChI=1S/C18H34O/c1-5-6-7-11-14-17(19)15-12-9-8-10-13-16-18(2,3)4/h17,19H,5-10,12-13,15-16H2,1-4H3. The molecule has 0 aromatic heterocycles. The van der Waals surface area contributed by atoms with Crippen LogP contribution in [0.15, 0.2) is 0 Å². The van der Waals surface area contributed by atoms with Crippen LogP contribution in [0.2, 0.25) is 0 Å². The third-order valence-electron chi connectivity index (χ3n) is 3.33. The van der Waals surface area contributed by atoms with Crippen LogP contribution in [-0.4, -0.2) is 11.2 Å². The van der Waals surface area contributed by atoms with E-state index >= 15 is 0 Å². The van der Waals surface area contributed by atoms with Crippen LogP contribution in [0.1, 0.15) is 91.9 Å². The van der Waals surface area contributed by atoms with Gasteiger partial charge in [-0.15, -0.1) is 5.92 Å². The van der Waals surface area contributed by atoms with Gasteiger partial charge in [0.2, 0.25) is 0 Å². The molecule has 1 heteroatoms. The van der Waals surface area contributed by atoms with Crippen molar-refractivity contribution in [2.75, 3.05) is 0 Å². The van der Waals surface area contributed by atoms with Crippen molar-refractivity contribution in [1.82, 2.24) is 0 Å². The zero-order valence-corrected chi connectivity index (χ0v) is 13.6. The molecule has 0 saturated heterocycles. The highest BCUT2D eigenvalue weighted by Gasteiger charge is 2.08. The summed E-state index contributed by atoms with van der Waals surface area (Å²) in [7, 11) is 0. The SMILES string of the molecule is CCCCC#CC(O)CCCCCCCC(C)(C)C. The van der Waals surface area contributed by atoms with Gasteiger partial charge in [-0.05, 0) is 31.1 Å². The van der Waals surface area contributed by atoms with E-state index < -0.39 is 6.10 Å². The maximum Gasteiger partial charge on any atom is 0.114 e. The predicted octanol–water partition coefficient (Wildman–Crippen LogP) is 5.32. The lowest BCUT2D eigenvalue weighted by atomic mass is 9.89. The van der Waals surface area contributed by atoms with Gasteiger partial charge in [-0.1, -0.05) is 65.7 Å². The second kappa shape index (κ2) is 11.4. The molecule has 0 bridgehead atoms. The minimum absolute atomic E-state index is 0.397. The van der Waals surface area contributed by atoms with Gasteiger partial charge in [-0.25, -0.2) is 0 Å². The average molecular weight is 266 g/mol. The van der Waals surface area contributed by atoms with Gasteiger partial charge >= 0.3 is 0 Å². The molecule has 1 N–H and O–H groups in total. The average Bonchev–Trinajstić information content (AvgIpc) is 2.32. The minimum Gasteiger partial charge on any atom is -0.380 e. The van der Waals surface area contributed by atoms with E-state index in [4.69, 9.17) is 0 Å². The van der Waals surface area contributed by atoms with Crippen LogP contribution < -0.4 is 0 Å². The zero-order valence-electron chi connectivity index (χ0n) is 13.6. The van der Waals surface area contributed by atoms with Crippen molar-refractivity contribution in [3.8, 4) is 11.8 Å². The number of hydrogen-bond donors (Lipinski definition) is 1. The smallest absolute Gasteiger partial charge is 0.114 e. The fourth-order valence-corrected chi connectivity index (χ4v) is 2.05. The molecule has 1 atom stereocenters. The molecule has 1 unspecified atom stereocenters. The second-order valence-electron chi connectivity index (χ2n) is 6.81. The predicted molar refractivity (Wildman–Crippen MR) is 85.1 cm³/mol. The van der Waals surface area contributed by atoms with Gasteiger partial charge in [0.1, 0.15) is 6.10 Å². The molecule has 0 heterocycles. The van der Waals surface area contributed by atoms with Crippen molar-refractivity contribution in [3.63, 3.8) is 0 Å². The van der Waals surface area contributed by atoms with Crippen molar-refractivity contribution in [2.45, 2.75) is 98.0 Å². The Hall–Kier alpha value is -0.480. The van der Waals surface area contributed by atoms with Crippen LogP contribution in [0.3, 0.4) is 0 Å². The normalized spacial score (nSPS) is 12.9. The topological polar surface area (TPSA) is 20.2 Å². The molecule has 0 spiro atoms. The molecule has 0 aromatic rings. The Morgan fingerprint density at radius 3 is 2.21 bits per heavy atom. The molecular weight excluding hydrogens is 232 g/mol. The number of hydrogen-bond acceptors (Lipinski definition) is 1. The highest BCUT2D eigenvalue weighted by molar-refractivity contribution is 5.04. The van der Waals surface area contributed by atoms with Crippen LogP contribution in [0, 0.1) is 17.3 Å². The van der Waals surface area contributed by atoms with E-state index in [1.807, 2.05) is 0 Å². The van der Waals surface area contributed by atoms with Gasteiger partial charge in [-0.3, -0.25) is 0 Å². The molecule has 112 valence electrons. The summed E-state index contributed by atoms with van der Waals surface area (Å²) in [5, 5.41) is 9.68. The van der Waals surface area contributed by atoms with Gasteiger partial charge < -0.3 is 5.11 Å². The highest BCUT2D eigenvalue weighted by Crippen LogP contribution is 2.22. The van der Waals surface area contributed by atoms with E-state index in [1.165, 1.54) is 38.5 Å². The molecular formula is C18H34O. The summed E-state index contributed by atoms with van der Waals surface area (Å²) in [6, 6.07) is 0. The third-order valence-corrected chi connectivity index (χ3v) is 3.33. The lowest BCUT2D eigenvalue weighted by Crippen LogP contribution is -2.04. The molecule has 19 heavy (non-hydrogen) atoms. The summed E-state index contributed by atoms with van der Waals surface area (Å²) in [4.78, 5) is 0. The third kappa shape index (κ3) is 15.5. The number of aliphatic hydroxyl groups is 1. The van der Waals surface area contributed by atoms with Crippen LogP contribution in [0.5, 0.6) is 0 Å². The first-order chi connectivity index (χ1) is 8.95. The van der Waals surface area contributed by atoms with Gasteiger partial charge in [0.05, 0.1) is 0 Å². The molecule has 0 rings (SSSR count). The van der Waals surface area contributed by atoms with E-state index in [0.717, 1.165) is 25.7 Å². The quantitative estimate of drug-likeness (QED) is 0.442. The van der Waals surface area contributed by atoms with E-state index in [0.29, 0.717) is 5.41 Å². The fourth-order valence-electron chi connectivity index (χ4n) is 2.05. The number of aliphatic hydroxyl groups excluding tert-OH is 1. The molecule has 0 aliphatic rings. The fraction of sp³-hybridized carbons (Fsp3) is 0.889. The van der Waals surface area contributed by atoms with Crippen molar-refractivity contribution in [3.05, 3.63) is 0 Å². The summed E-state index contributed by atoms with van der Waals surface area (Å²) in [5.41, 5.74) is 0.476. The van der Waals surface area contributed by atoms with Gasteiger partial charge in [0.25, 0.3) is 0 Å². The van der Waals surface area contributed by atoms with Crippen molar-refractivity contribution < 1.29 is 5.11 Å². The molecule has 0 aromatic carbocycles. The first-order valence-corrected chi connectivity index (χ1v) is 8.12. The van der Waals surface area contributed by atoms with Crippen molar-refractivity contribution >= 4 is 0 Å². The lowest BCUT2D eigenvalue weighted by molar-refractivity contribution is 0.217. The van der Waals surface area contributed by atoms with Gasteiger partial charge in [0.15, 0.2) is 0 Å². The molecule has 0 aliphatic heterocycles. The highest BCUT2D eigenvalue weighted by atomic mass is 16.3. The molecule has 0 amide bonds. The van der Waals surface area contributed by atoms with Crippen LogP contribution in [0.25, 0.3) is 0 Å². The molecule has 0 radical (unpaired) electrons. The summed E-state index contributed by atoms with van der Waals surface area (Å²) < 4.78 is 0. The number of rotatable bonds is 9. The summed E-state index contributed by atoms with van der Waals surface area (Å²) >= 11 is 0. The van der Waals surface area contributed by atoms with Gasteiger partial charge in [0, 0.05) is 6.42 Å². The lowest BCUT2D eigenvalue weighted by Gasteiger charge is -2.17. The first-order valence-electron chi connectivity index (χ1n) is 8.12. The van der Waals surface area contributed by atoms with E-state index in [9.17, 15) is 5.11 Å². The molecule has 0 aliphatic carbocycles. The summed E-state index contributed by atoms with van der Waals surface area (Å²) in [6.07, 6.45) is 11.3. The van der Waals surface area contributed by atoms with Crippen molar-refractivity contribution in [1.29, 1.82) is 0 Å². The second-order valence-corrected chi connectivity index (χ2v) is 6.81. The Morgan fingerprint density at radius 2 is 1.58 bits per heavy atom. The minimum atomic E-state index is -0.397. The van der Waals surface area contributed by atoms with E-state index in [2.05, 4.69) is 39.5 Å². The molecule has 0 saturated carbocycles.